The van der Waals surface area contributed by atoms with Gasteiger partial charge in [0.15, 0.2) is 6.10 Å². The highest BCUT2D eigenvalue weighted by molar-refractivity contribution is 5.89. The van der Waals surface area contributed by atoms with Gasteiger partial charge in [0, 0.05) is 26.4 Å². The number of ether oxygens (including phenoxy) is 5. The monoisotopic (exact) mass is 456 g/mol. The molecule has 8 heteroatoms. The van der Waals surface area contributed by atoms with E-state index in [9.17, 15) is 14.4 Å². The SMILES string of the molecule is CC(=O)OC1[C@H](OC(C)=O)O[C@H](COC(=O)c2ccccc2)[C@@H]1CCOCc1ccccc1. The van der Waals surface area contributed by atoms with Gasteiger partial charge in [-0.1, -0.05) is 48.5 Å². The van der Waals surface area contributed by atoms with Crippen LogP contribution in [0.15, 0.2) is 60.7 Å². The summed E-state index contributed by atoms with van der Waals surface area (Å²) in [4.78, 5) is 35.6. The highest BCUT2D eigenvalue weighted by atomic mass is 16.7. The fraction of sp³-hybridized carbons (Fsp3) is 0.400. The minimum Gasteiger partial charge on any atom is -0.459 e. The zero-order valence-corrected chi connectivity index (χ0v) is 18.7. The van der Waals surface area contributed by atoms with E-state index in [1.807, 2.05) is 30.3 Å². The summed E-state index contributed by atoms with van der Waals surface area (Å²) in [5.41, 5.74) is 1.44. The van der Waals surface area contributed by atoms with Crippen LogP contribution in [0.2, 0.25) is 0 Å². The summed E-state index contributed by atoms with van der Waals surface area (Å²) in [6.07, 6.45) is -2.14. The van der Waals surface area contributed by atoms with E-state index in [0.717, 1.165) is 5.56 Å². The van der Waals surface area contributed by atoms with Gasteiger partial charge < -0.3 is 23.7 Å². The molecule has 3 rings (SSSR count). The lowest BCUT2D eigenvalue weighted by Gasteiger charge is -2.23. The molecule has 1 aliphatic heterocycles. The predicted octanol–water partition coefficient (Wildman–Crippen LogP) is 3.29. The van der Waals surface area contributed by atoms with Crippen LogP contribution in [-0.4, -0.2) is 49.6 Å². The summed E-state index contributed by atoms with van der Waals surface area (Å²) >= 11 is 0. The fourth-order valence-electron chi connectivity index (χ4n) is 3.67. The molecular formula is C25H28O8. The number of hydrogen-bond donors (Lipinski definition) is 0. The maximum absolute atomic E-state index is 12.4. The Bertz CT molecular complexity index is 915. The van der Waals surface area contributed by atoms with Crippen LogP contribution >= 0.6 is 0 Å². The molecule has 1 heterocycles. The topological polar surface area (TPSA) is 97.4 Å². The second-order valence-corrected chi connectivity index (χ2v) is 7.68. The van der Waals surface area contributed by atoms with E-state index < -0.39 is 42.3 Å². The Morgan fingerprint density at radius 1 is 0.879 bits per heavy atom. The van der Waals surface area contributed by atoms with Gasteiger partial charge in [-0.25, -0.2) is 4.79 Å². The van der Waals surface area contributed by atoms with Crippen molar-refractivity contribution in [3.05, 3.63) is 71.8 Å². The van der Waals surface area contributed by atoms with E-state index >= 15 is 0 Å². The van der Waals surface area contributed by atoms with Gasteiger partial charge in [0.25, 0.3) is 0 Å². The van der Waals surface area contributed by atoms with Crippen molar-refractivity contribution in [2.75, 3.05) is 13.2 Å². The summed E-state index contributed by atoms with van der Waals surface area (Å²) < 4.78 is 27.7. The molecule has 2 aromatic rings. The van der Waals surface area contributed by atoms with E-state index in [4.69, 9.17) is 23.7 Å². The number of carbonyl (C=O) groups excluding carboxylic acids is 3. The minimum absolute atomic E-state index is 0.0907. The number of carbonyl (C=O) groups is 3. The van der Waals surface area contributed by atoms with Crippen LogP contribution < -0.4 is 0 Å². The number of esters is 3. The van der Waals surface area contributed by atoms with Crippen molar-refractivity contribution >= 4 is 17.9 Å². The van der Waals surface area contributed by atoms with Crippen LogP contribution in [0.4, 0.5) is 0 Å². The third kappa shape index (κ3) is 7.40. The molecule has 1 aliphatic rings. The lowest BCUT2D eigenvalue weighted by atomic mass is 9.95. The number of hydrogen-bond acceptors (Lipinski definition) is 8. The average molecular weight is 456 g/mol. The number of rotatable bonds is 10. The molecule has 1 fully saturated rings. The largest absolute Gasteiger partial charge is 0.459 e. The summed E-state index contributed by atoms with van der Waals surface area (Å²) in [6.45, 7) is 3.20. The molecule has 8 nitrogen and oxygen atoms in total. The standard InChI is InChI=1S/C25H28O8/c1-17(26)31-23-21(13-14-29-15-19-9-5-3-6-10-19)22(33-25(23)32-18(2)27)16-30-24(28)20-11-7-4-8-12-20/h3-12,21-23,25H,13-16H2,1-2H3/t21-,22+,23?,25+/m0/s1. The number of benzene rings is 2. The van der Waals surface area contributed by atoms with E-state index in [1.165, 1.54) is 13.8 Å². The average Bonchev–Trinajstić information content (AvgIpc) is 3.11. The minimum atomic E-state index is -1.09. The molecular weight excluding hydrogens is 428 g/mol. The van der Waals surface area contributed by atoms with Crippen molar-refractivity contribution in [2.24, 2.45) is 5.92 Å². The third-order valence-corrected chi connectivity index (χ3v) is 5.16. The third-order valence-electron chi connectivity index (χ3n) is 5.16. The smallest absolute Gasteiger partial charge is 0.338 e. The first kappa shape index (κ1) is 24.4. The van der Waals surface area contributed by atoms with Crippen molar-refractivity contribution in [1.82, 2.24) is 0 Å². The van der Waals surface area contributed by atoms with Gasteiger partial charge in [-0.15, -0.1) is 0 Å². The molecule has 176 valence electrons. The molecule has 0 saturated carbocycles. The Kier molecular flexibility index (Phi) is 8.97. The molecule has 1 saturated heterocycles. The van der Waals surface area contributed by atoms with Crippen molar-refractivity contribution < 1.29 is 38.1 Å². The second kappa shape index (κ2) is 12.1. The molecule has 0 N–H and O–H groups in total. The van der Waals surface area contributed by atoms with Crippen molar-refractivity contribution in [2.45, 2.75) is 45.4 Å². The van der Waals surface area contributed by atoms with Crippen molar-refractivity contribution in [3.8, 4) is 0 Å². The quantitative estimate of drug-likeness (QED) is 0.305. The Balaban J connectivity index is 1.66. The van der Waals surface area contributed by atoms with Crippen LogP contribution in [0.25, 0.3) is 0 Å². The van der Waals surface area contributed by atoms with Crippen LogP contribution in [-0.2, 0) is 39.9 Å². The summed E-state index contributed by atoms with van der Waals surface area (Å²) in [5.74, 6) is -2.01. The first-order valence-electron chi connectivity index (χ1n) is 10.8. The summed E-state index contributed by atoms with van der Waals surface area (Å²) in [7, 11) is 0. The molecule has 0 spiro atoms. The van der Waals surface area contributed by atoms with Gasteiger partial charge in [0.2, 0.25) is 6.29 Å². The van der Waals surface area contributed by atoms with Gasteiger partial charge in [-0.2, -0.15) is 0 Å². The second-order valence-electron chi connectivity index (χ2n) is 7.68. The summed E-state index contributed by atoms with van der Waals surface area (Å²) in [5, 5.41) is 0. The van der Waals surface area contributed by atoms with Gasteiger partial charge in [0.05, 0.1) is 12.2 Å². The lowest BCUT2D eigenvalue weighted by Crippen LogP contribution is -2.36. The molecule has 2 aromatic carbocycles. The van der Waals surface area contributed by atoms with E-state index in [2.05, 4.69) is 0 Å². The molecule has 0 bridgehead atoms. The Labute approximate surface area is 192 Å². The van der Waals surface area contributed by atoms with Crippen LogP contribution in [0.3, 0.4) is 0 Å². The molecule has 0 radical (unpaired) electrons. The van der Waals surface area contributed by atoms with Crippen molar-refractivity contribution in [1.29, 1.82) is 0 Å². The molecule has 1 unspecified atom stereocenters. The van der Waals surface area contributed by atoms with E-state index in [1.54, 1.807) is 30.3 Å². The van der Waals surface area contributed by atoms with Gasteiger partial charge in [-0.05, 0) is 24.1 Å². The highest BCUT2D eigenvalue weighted by Gasteiger charge is 2.48. The molecule has 0 aromatic heterocycles. The van der Waals surface area contributed by atoms with Gasteiger partial charge in [-0.3, -0.25) is 9.59 Å². The van der Waals surface area contributed by atoms with E-state index in [0.29, 0.717) is 25.2 Å². The Morgan fingerprint density at radius 2 is 1.52 bits per heavy atom. The zero-order chi connectivity index (χ0) is 23.6. The fourth-order valence-corrected chi connectivity index (χ4v) is 3.67. The van der Waals surface area contributed by atoms with Crippen LogP contribution in [0, 0.1) is 5.92 Å². The molecule has 4 atom stereocenters. The molecule has 0 amide bonds. The van der Waals surface area contributed by atoms with Crippen molar-refractivity contribution in [3.63, 3.8) is 0 Å². The van der Waals surface area contributed by atoms with E-state index in [-0.39, 0.29) is 6.61 Å². The maximum atomic E-state index is 12.4. The molecule has 33 heavy (non-hydrogen) atoms. The molecule has 0 aliphatic carbocycles. The first-order valence-corrected chi connectivity index (χ1v) is 10.8. The zero-order valence-electron chi connectivity index (χ0n) is 18.7. The highest BCUT2D eigenvalue weighted by Crippen LogP contribution is 2.33. The first-order chi connectivity index (χ1) is 15.9. The van der Waals surface area contributed by atoms with Gasteiger partial charge >= 0.3 is 17.9 Å². The summed E-state index contributed by atoms with van der Waals surface area (Å²) in [6, 6.07) is 18.3. The maximum Gasteiger partial charge on any atom is 0.338 e. The van der Waals surface area contributed by atoms with Crippen LogP contribution in [0.1, 0.15) is 36.2 Å². The predicted molar refractivity (Wildman–Crippen MR) is 117 cm³/mol. The Hall–Kier alpha value is -3.23. The van der Waals surface area contributed by atoms with Crippen LogP contribution in [0.5, 0.6) is 0 Å². The lowest BCUT2D eigenvalue weighted by molar-refractivity contribution is -0.195. The van der Waals surface area contributed by atoms with Gasteiger partial charge in [0.1, 0.15) is 12.7 Å². The Morgan fingerprint density at radius 3 is 2.15 bits per heavy atom. The normalized spacial score (nSPS) is 21.9.